The van der Waals surface area contributed by atoms with Gasteiger partial charge in [0.15, 0.2) is 0 Å². The lowest BCUT2D eigenvalue weighted by atomic mass is 10.1. The van der Waals surface area contributed by atoms with Gasteiger partial charge in [0.25, 0.3) is 0 Å². The van der Waals surface area contributed by atoms with Crippen molar-refractivity contribution in [2.45, 2.75) is 33.5 Å². The first-order chi connectivity index (χ1) is 9.08. The molecule has 1 atom stereocenters. The molecular weight excluding hydrogens is 236 g/mol. The smallest absolute Gasteiger partial charge is 0.122 e. The van der Waals surface area contributed by atoms with E-state index in [0.29, 0.717) is 6.61 Å². The van der Waals surface area contributed by atoms with E-state index in [1.54, 1.807) is 6.92 Å². The summed E-state index contributed by atoms with van der Waals surface area (Å²) in [5, 5.41) is 9.54. The summed E-state index contributed by atoms with van der Waals surface area (Å²) in [7, 11) is 0. The SMILES string of the molecule is Cc1ccccc1COc1ccc([C@H](C)O)cc1C. The van der Waals surface area contributed by atoms with Crippen LogP contribution in [0, 0.1) is 13.8 Å². The molecule has 0 aliphatic rings. The van der Waals surface area contributed by atoms with Gasteiger partial charge in [-0.1, -0.05) is 30.3 Å². The second-order valence-electron chi connectivity index (χ2n) is 4.92. The van der Waals surface area contributed by atoms with Crippen LogP contribution in [0.5, 0.6) is 5.75 Å². The number of hydrogen-bond donors (Lipinski definition) is 1. The van der Waals surface area contributed by atoms with Crippen molar-refractivity contribution in [3.63, 3.8) is 0 Å². The molecule has 0 saturated carbocycles. The van der Waals surface area contributed by atoms with E-state index in [0.717, 1.165) is 16.9 Å². The Balaban J connectivity index is 2.10. The summed E-state index contributed by atoms with van der Waals surface area (Å²) in [5.74, 6) is 0.868. The Kier molecular flexibility index (Phi) is 4.23. The largest absolute Gasteiger partial charge is 0.489 e. The first-order valence-corrected chi connectivity index (χ1v) is 6.54. The fourth-order valence-electron chi connectivity index (χ4n) is 2.02. The summed E-state index contributed by atoms with van der Waals surface area (Å²) < 4.78 is 5.86. The van der Waals surface area contributed by atoms with Crippen molar-refractivity contribution >= 4 is 0 Å². The van der Waals surface area contributed by atoms with Crippen LogP contribution in [-0.2, 0) is 6.61 Å². The quantitative estimate of drug-likeness (QED) is 0.898. The molecule has 0 fully saturated rings. The minimum Gasteiger partial charge on any atom is -0.489 e. The Bertz CT molecular complexity index is 559. The van der Waals surface area contributed by atoms with Crippen LogP contribution in [0.2, 0.25) is 0 Å². The van der Waals surface area contributed by atoms with E-state index < -0.39 is 6.10 Å². The van der Waals surface area contributed by atoms with E-state index in [-0.39, 0.29) is 0 Å². The topological polar surface area (TPSA) is 29.5 Å². The van der Waals surface area contributed by atoms with Crippen LogP contribution >= 0.6 is 0 Å². The Morgan fingerprint density at radius 2 is 1.79 bits per heavy atom. The Labute approximate surface area is 114 Å². The zero-order valence-electron chi connectivity index (χ0n) is 11.7. The van der Waals surface area contributed by atoms with E-state index in [9.17, 15) is 5.11 Å². The van der Waals surface area contributed by atoms with E-state index in [2.05, 4.69) is 19.1 Å². The fourth-order valence-corrected chi connectivity index (χ4v) is 2.02. The highest BCUT2D eigenvalue weighted by molar-refractivity contribution is 5.37. The Morgan fingerprint density at radius 1 is 1.05 bits per heavy atom. The van der Waals surface area contributed by atoms with Gasteiger partial charge in [-0.15, -0.1) is 0 Å². The molecular formula is C17H20O2. The highest BCUT2D eigenvalue weighted by Gasteiger charge is 2.06. The molecule has 2 rings (SSSR count). The maximum absolute atomic E-state index is 9.54. The van der Waals surface area contributed by atoms with Gasteiger partial charge in [-0.3, -0.25) is 0 Å². The molecule has 0 radical (unpaired) electrons. The van der Waals surface area contributed by atoms with Crippen LogP contribution in [0.15, 0.2) is 42.5 Å². The maximum Gasteiger partial charge on any atom is 0.122 e. The van der Waals surface area contributed by atoms with E-state index in [1.165, 1.54) is 11.1 Å². The van der Waals surface area contributed by atoms with Crippen LogP contribution in [0.25, 0.3) is 0 Å². The third kappa shape index (κ3) is 3.36. The normalized spacial score (nSPS) is 12.2. The number of aliphatic hydroxyl groups excluding tert-OH is 1. The zero-order valence-corrected chi connectivity index (χ0v) is 11.7. The van der Waals surface area contributed by atoms with Gasteiger partial charge in [0.05, 0.1) is 6.10 Å². The van der Waals surface area contributed by atoms with Gasteiger partial charge in [-0.05, 0) is 55.2 Å². The van der Waals surface area contributed by atoms with Crippen molar-refractivity contribution in [3.05, 3.63) is 64.7 Å². The number of ether oxygens (including phenoxy) is 1. The molecule has 0 bridgehead atoms. The van der Waals surface area contributed by atoms with Crippen LogP contribution in [-0.4, -0.2) is 5.11 Å². The van der Waals surface area contributed by atoms with Gasteiger partial charge < -0.3 is 9.84 Å². The van der Waals surface area contributed by atoms with Gasteiger partial charge in [-0.25, -0.2) is 0 Å². The van der Waals surface area contributed by atoms with Crippen molar-refractivity contribution in [3.8, 4) is 5.75 Å². The number of aryl methyl sites for hydroxylation is 2. The van der Waals surface area contributed by atoms with Crippen molar-refractivity contribution in [2.24, 2.45) is 0 Å². The molecule has 2 nitrogen and oxygen atoms in total. The number of rotatable bonds is 4. The van der Waals surface area contributed by atoms with Gasteiger partial charge in [-0.2, -0.15) is 0 Å². The van der Waals surface area contributed by atoms with E-state index in [4.69, 9.17) is 4.74 Å². The van der Waals surface area contributed by atoms with Crippen LogP contribution < -0.4 is 4.74 Å². The van der Waals surface area contributed by atoms with E-state index >= 15 is 0 Å². The molecule has 19 heavy (non-hydrogen) atoms. The van der Waals surface area contributed by atoms with Crippen molar-refractivity contribution in [1.82, 2.24) is 0 Å². The standard InChI is InChI=1S/C17H20O2/c1-12-6-4-5-7-16(12)11-19-17-9-8-15(14(3)18)10-13(17)2/h4-10,14,18H,11H2,1-3H3/t14-/m0/s1. The fraction of sp³-hybridized carbons (Fsp3) is 0.294. The minimum absolute atomic E-state index is 0.441. The second kappa shape index (κ2) is 5.89. The second-order valence-corrected chi connectivity index (χ2v) is 4.92. The molecule has 0 heterocycles. The maximum atomic E-state index is 9.54. The Hall–Kier alpha value is -1.80. The summed E-state index contributed by atoms with van der Waals surface area (Å²) in [6, 6.07) is 14.0. The van der Waals surface area contributed by atoms with Crippen molar-refractivity contribution in [2.75, 3.05) is 0 Å². The van der Waals surface area contributed by atoms with Crippen LogP contribution in [0.3, 0.4) is 0 Å². The zero-order chi connectivity index (χ0) is 13.8. The summed E-state index contributed by atoms with van der Waals surface area (Å²) >= 11 is 0. The van der Waals surface area contributed by atoms with Gasteiger partial charge >= 0.3 is 0 Å². The predicted octanol–water partition coefficient (Wildman–Crippen LogP) is 3.94. The average molecular weight is 256 g/mol. The molecule has 100 valence electrons. The monoisotopic (exact) mass is 256 g/mol. The summed E-state index contributed by atoms with van der Waals surface area (Å²) in [5.41, 5.74) is 4.40. The highest BCUT2D eigenvalue weighted by atomic mass is 16.5. The summed E-state index contributed by atoms with van der Waals surface area (Å²) in [6.45, 7) is 6.42. The molecule has 2 aromatic rings. The van der Waals surface area contributed by atoms with Gasteiger partial charge in [0.2, 0.25) is 0 Å². The molecule has 0 aromatic heterocycles. The van der Waals surface area contributed by atoms with Crippen LogP contribution in [0.4, 0.5) is 0 Å². The molecule has 2 aromatic carbocycles. The lowest BCUT2D eigenvalue weighted by molar-refractivity contribution is 0.199. The minimum atomic E-state index is -0.441. The third-order valence-corrected chi connectivity index (χ3v) is 3.33. The summed E-state index contributed by atoms with van der Waals surface area (Å²) in [4.78, 5) is 0. The first kappa shape index (κ1) is 13.6. The highest BCUT2D eigenvalue weighted by Crippen LogP contribution is 2.23. The van der Waals surface area contributed by atoms with E-state index in [1.807, 2.05) is 37.3 Å². The van der Waals surface area contributed by atoms with Gasteiger partial charge in [0, 0.05) is 0 Å². The third-order valence-electron chi connectivity index (χ3n) is 3.33. The molecule has 0 unspecified atom stereocenters. The van der Waals surface area contributed by atoms with Crippen molar-refractivity contribution in [1.29, 1.82) is 0 Å². The number of hydrogen-bond acceptors (Lipinski definition) is 2. The molecule has 0 spiro atoms. The first-order valence-electron chi connectivity index (χ1n) is 6.54. The molecule has 0 saturated heterocycles. The van der Waals surface area contributed by atoms with Crippen molar-refractivity contribution < 1.29 is 9.84 Å². The number of aliphatic hydroxyl groups is 1. The lowest BCUT2D eigenvalue weighted by Gasteiger charge is -2.13. The molecule has 2 heteroatoms. The number of benzene rings is 2. The molecule has 1 N–H and O–H groups in total. The van der Waals surface area contributed by atoms with Crippen LogP contribution in [0.1, 0.15) is 35.3 Å². The molecule has 0 amide bonds. The lowest BCUT2D eigenvalue weighted by Crippen LogP contribution is -2.00. The molecule has 0 aliphatic heterocycles. The Morgan fingerprint density at radius 3 is 2.42 bits per heavy atom. The average Bonchev–Trinajstić information content (AvgIpc) is 2.39. The summed E-state index contributed by atoms with van der Waals surface area (Å²) in [6.07, 6.45) is -0.441. The predicted molar refractivity (Wildman–Crippen MR) is 77.3 cm³/mol. The van der Waals surface area contributed by atoms with Gasteiger partial charge in [0.1, 0.15) is 12.4 Å². The molecule has 0 aliphatic carbocycles.